The largest absolute Gasteiger partial charge is 0.416 e. The average Bonchev–Trinajstić information content (AvgIpc) is 2.93. The quantitative estimate of drug-likeness (QED) is 0.918. The van der Waals surface area contributed by atoms with Crippen molar-refractivity contribution in [1.29, 1.82) is 5.26 Å². The Bertz CT molecular complexity index is 842. The number of aliphatic hydroxyl groups is 1. The van der Waals surface area contributed by atoms with Crippen molar-refractivity contribution in [2.45, 2.75) is 31.2 Å². The maximum atomic E-state index is 12.8. The van der Waals surface area contributed by atoms with E-state index in [0.717, 1.165) is 4.90 Å². The first-order valence-electron chi connectivity index (χ1n) is 7.32. The fraction of sp³-hybridized carbons (Fsp3) is 0.294. The number of nitriles is 1. The van der Waals surface area contributed by atoms with Crippen molar-refractivity contribution in [2.24, 2.45) is 0 Å². The van der Waals surface area contributed by atoms with Gasteiger partial charge in [-0.1, -0.05) is 18.2 Å². The monoisotopic (exact) mass is 334 g/mol. The Labute approximate surface area is 135 Å². The van der Waals surface area contributed by atoms with Crippen LogP contribution in [0.25, 0.3) is 10.8 Å². The third kappa shape index (κ3) is 2.69. The van der Waals surface area contributed by atoms with Gasteiger partial charge >= 0.3 is 6.18 Å². The zero-order valence-corrected chi connectivity index (χ0v) is 12.4. The van der Waals surface area contributed by atoms with E-state index in [2.05, 4.69) is 0 Å². The van der Waals surface area contributed by atoms with Crippen LogP contribution in [-0.4, -0.2) is 29.3 Å². The van der Waals surface area contributed by atoms with Crippen LogP contribution in [0.4, 0.5) is 18.9 Å². The number of benzene rings is 2. The summed E-state index contributed by atoms with van der Waals surface area (Å²) < 4.78 is 38.5. The first kappa shape index (κ1) is 16.3. The summed E-state index contributed by atoms with van der Waals surface area (Å²) in [6, 6.07) is 10.4. The summed E-state index contributed by atoms with van der Waals surface area (Å²) in [6.07, 6.45) is -7.49. The van der Waals surface area contributed by atoms with E-state index in [1.54, 1.807) is 30.3 Å². The second kappa shape index (κ2) is 5.80. The molecule has 1 heterocycles. The van der Waals surface area contributed by atoms with Crippen molar-refractivity contribution in [1.82, 2.24) is 0 Å². The Kier molecular flexibility index (Phi) is 3.93. The van der Waals surface area contributed by atoms with E-state index in [9.17, 15) is 23.1 Å². The van der Waals surface area contributed by atoms with Crippen LogP contribution in [0.15, 0.2) is 36.4 Å². The number of fused-ring (bicyclic) bond motifs is 1. The van der Waals surface area contributed by atoms with Crippen molar-refractivity contribution in [3.63, 3.8) is 0 Å². The van der Waals surface area contributed by atoms with Crippen LogP contribution in [0.3, 0.4) is 0 Å². The molecule has 1 amide bonds. The first-order chi connectivity index (χ1) is 11.3. The van der Waals surface area contributed by atoms with Crippen LogP contribution in [-0.2, 0) is 4.79 Å². The number of rotatable bonds is 2. The molecule has 2 atom stereocenters. The second-order valence-electron chi connectivity index (χ2n) is 5.68. The molecule has 1 N–H and O–H groups in total. The molecule has 124 valence electrons. The number of hydrogen-bond acceptors (Lipinski definition) is 3. The van der Waals surface area contributed by atoms with E-state index < -0.39 is 24.2 Å². The Morgan fingerprint density at radius 3 is 2.71 bits per heavy atom. The number of anilines is 1. The molecule has 24 heavy (non-hydrogen) atoms. The number of carbonyl (C=O) groups is 1. The summed E-state index contributed by atoms with van der Waals surface area (Å²) in [5.41, 5.74) is 0.729. The Morgan fingerprint density at radius 1 is 1.29 bits per heavy atom. The van der Waals surface area contributed by atoms with E-state index in [4.69, 9.17) is 5.26 Å². The molecule has 2 aromatic carbocycles. The van der Waals surface area contributed by atoms with Gasteiger partial charge in [-0.05, 0) is 35.4 Å². The standard InChI is InChI=1S/C17H13F3N2O2/c18-17(19,20)16(24)14-6-7-15(23)22(14)12-4-5-13-10(8-12)2-1-3-11(13)9-21/h1-5,8,14,16,24H,6-7H2/t14-,16-/m0/s1. The van der Waals surface area contributed by atoms with Crippen molar-refractivity contribution in [3.05, 3.63) is 42.0 Å². The van der Waals surface area contributed by atoms with Crippen molar-refractivity contribution < 1.29 is 23.1 Å². The van der Waals surface area contributed by atoms with Gasteiger partial charge in [0, 0.05) is 12.1 Å². The van der Waals surface area contributed by atoms with Gasteiger partial charge in [0.25, 0.3) is 0 Å². The molecule has 4 nitrogen and oxygen atoms in total. The van der Waals surface area contributed by atoms with Crippen LogP contribution >= 0.6 is 0 Å². The van der Waals surface area contributed by atoms with Crippen molar-refractivity contribution in [3.8, 4) is 6.07 Å². The Balaban J connectivity index is 2.04. The fourth-order valence-electron chi connectivity index (χ4n) is 3.08. The number of hydrogen-bond donors (Lipinski definition) is 1. The summed E-state index contributed by atoms with van der Waals surface area (Å²) >= 11 is 0. The lowest BCUT2D eigenvalue weighted by Crippen LogP contribution is -2.48. The maximum absolute atomic E-state index is 12.8. The van der Waals surface area contributed by atoms with Gasteiger partial charge in [-0.15, -0.1) is 0 Å². The number of aliphatic hydroxyl groups excluding tert-OH is 1. The maximum Gasteiger partial charge on any atom is 0.416 e. The minimum absolute atomic E-state index is 0.0475. The van der Waals surface area contributed by atoms with E-state index >= 15 is 0 Å². The molecule has 0 aliphatic carbocycles. The van der Waals surface area contributed by atoms with Gasteiger partial charge in [0.05, 0.1) is 17.7 Å². The molecule has 0 spiro atoms. The summed E-state index contributed by atoms with van der Waals surface area (Å²) in [6.45, 7) is 0. The number of alkyl halides is 3. The van der Waals surface area contributed by atoms with Gasteiger partial charge in [0.1, 0.15) is 0 Å². The number of nitrogens with zero attached hydrogens (tertiary/aromatic N) is 2. The molecule has 0 bridgehead atoms. The lowest BCUT2D eigenvalue weighted by atomic mass is 10.0. The third-order valence-corrected chi connectivity index (χ3v) is 4.22. The smallest absolute Gasteiger partial charge is 0.382 e. The summed E-state index contributed by atoms with van der Waals surface area (Å²) in [4.78, 5) is 13.1. The minimum Gasteiger partial charge on any atom is -0.382 e. The molecular formula is C17H13F3N2O2. The van der Waals surface area contributed by atoms with Crippen LogP contribution in [0.2, 0.25) is 0 Å². The van der Waals surface area contributed by atoms with Gasteiger partial charge in [-0.25, -0.2) is 0 Å². The topological polar surface area (TPSA) is 64.3 Å². The lowest BCUT2D eigenvalue weighted by molar-refractivity contribution is -0.209. The summed E-state index contributed by atoms with van der Waals surface area (Å²) in [7, 11) is 0. The molecule has 7 heteroatoms. The highest BCUT2D eigenvalue weighted by Gasteiger charge is 2.49. The minimum atomic E-state index is -4.79. The molecular weight excluding hydrogens is 321 g/mol. The molecule has 0 aromatic heterocycles. The molecule has 0 saturated carbocycles. The van der Waals surface area contributed by atoms with Crippen LogP contribution in [0.5, 0.6) is 0 Å². The fourth-order valence-corrected chi connectivity index (χ4v) is 3.08. The molecule has 1 aliphatic rings. The second-order valence-corrected chi connectivity index (χ2v) is 5.68. The van der Waals surface area contributed by atoms with Crippen LogP contribution in [0.1, 0.15) is 18.4 Å². The van der Waals surface area contributed by atoms with E-state index in [-0.39, 0.29) is 18.5 Å². The van der Waals surface area contributed by atoms with Gasteiger partial charge in [-0.3, -0.25) is 4.79 Å². The SMILES string of the molecule is N#Cc1cccc2cc(N3C(=O)CC[C@H]3[C@H](O)C(F)(F)F)ccc12. The molecule has 1 saturated heterocycles. The predicted molar refractivity (Wildman–Crippen MR) is 81.2 cm³/mol. The number of amides is 1. The summed E-state index contributed by atoms with van der Waals surface area (Å²) in [5.74, 6) is -0.459. The third-order valence-electron chi connectivity index (χ3n) is 4.22. The first-order valence-corrected chi connectivity index (χ1v) is 7.32. The van der Waals surface area contributed by atoms with Gasteiger partial charge < -0.3 is 10.0 Å². The highest BCUT2D eigenvalue weighted by Crippen LogP contribution is 2.35. The normalized spacial score (nSPS) is 19.5. The number of carbonyl (C=O) groups excluding carboxylic acids is 1. The van der Waals surface area contributed by atoms with Crippen LogP contribution in [0, 0.1) is 11.3 Å². The molecule has 1 aliphatic heterocycles. The van der Waals surface area contributed by atoms with Crippen molar-refractivity contribution in [2.75, 3.05) is 4.90 Å². The molecule has 3 rings (SSSR count). The molecule has 0 radical (unpaired) electrons. The number of halogens is 3. The van der Waals surface area contributed by atoms with Crippen molar-refractivity contribution >= 4 is 22.4 Å². The predicted octanol–water partition coefficient (Wildman–Crippen LogP) is 3.13. The van der Waals surface area contributed by atoms with Gasteiger partial charge in [-0.2, -0.15) is 18.4 Å². The van der Waals surface area contributed by atoms with Crippen LogP contribution < -0.4 is 4.90 Å². The Hall–Kier alpha value is -2.59. The highest BCUT2D eigenvalue weighted by molar-refractivity contribution is 5.99. The zero-order valence-electron chi connectivity index (χ0n) is 12.4. The average molecular weight is 334 g/mol. The highest BCUT2D eigenvalue weighted by atomic mass is 19.4. The van der Waals surface area contributed by atoms with Gasteiger partial charge in [0.15, 0.2) is 6.10 Å². The van der Waals surface area contributed by atoms with Gasteiger partial charge in [0.2, 0.25) is 5.91 Å². The lowest BCUT2D eigenvalue weighted by Gasteiger charge is -2.30. The summed E-state index contributed by atoms with van der Waals surface area (Å²) in [5, 5.41) is 20.0. The zero-order chi connectivity index (χ0) is 17.5. The Morgan fingerprint density at radius 2 is 2.04 bits per heavy atom. The van der Waals surface area contributed by atoms with E-state index in [1.165, 1.54) is 6.07 Å². The van der Waals surface area contributed by atoms with E-state index in [0.29, 0.717) is 16.3 Å². The molecule has 0 unspecified atom stereocenters. The molecule has 2 aromatic rings. The molecule has 1 fully saturated rings. The van der Waals surface area contributed by atoms with E-state index in [1.807, 2.05) is 6.07 Å².